The Morgan fingerprint density at radius 1 is 1.00 bits per heavy atom. The molecule has 0 aromatic heterocycles. The van der Waals surface area contributed by atoms with Crippen LogP contribution in [-0.2, 0) is 0 Å². The van der Waals surface area contributed by atoms with E-state index in [4.69, 9.17) is 0 Å². The minimum atomic E-state index is 0.957. The quantitative estimate of drug-likeness (QED) is 0.584. The summed E-state index contributed by atoms with van der Waals surface area (Å²) >= 11 is 0. The molecule has 0 amide bonds. The van der Waals surface area contributed by atoms with Gasteiger partial charge in [-0.2, -0.15) is 0 Å². The molecule has 0 N–H and O–H groups in total. The second kappa shape index (κ2) is 3.14. The second-order valence-corrected chi connectivity index (χ2v) is 4.17. The first-order valence-electron chi connectivity index (χ1n) is 4.88. The van der Waals surface area contributed by atoms with Crippen LogP contribution in [0.5, 0.6) is 0 Å². The Labute approximate surface area is 69.8 Å². The first-order chi connectivity index (χ1) is 5.34. The van der Waals surface area contributed by atoms with Gasteiger partial charge in [-0.25, -0.2) is 0 Å². The fourth-order valence-electron chi connectivity index (χ4n) is 1.89. The highest BCUT2D eigenvalue weighted by Crippen LogP contribution is 2.37. The third-order valence-corrected chi connectivity index (χ3v) is 2.93. The van der Waals surface area contributed by atoms with Gasteiger partial charge in [0.1, 0.15) is 0 Å². The van der Waals surface area contributed by atoms with Crippen molar-refractivity contribution in [2.45, 2.75) is 25.7 Å². The molecule has 1 aliphatic heterocycles. The van der Waals surface area contributed by atoms with Gasteiger partial charge in [-0.15, -0.1) is 0 Å². The second-order valence-electron chi connectivity index (χ2n) is 4.17. The lowest BCUT2D eigenvalue weighted by Crippen LogP contribution is -2.30. The van der Waals surface area contributed by atoms with Crippen LogP contribution in [0.15, 0.2) is 0 Å². The molecule has 0 unspecified atom stereocenters. The fourth-order valence-corrected chi connectivity index (χ4v) is 1.89. The molecule has 11 heavy (non-hydrogen) atoms. The number of hydrogen-bond donors (Lipinski definition) is 0. The van der Waals surface area contributed by atoms with Crippen LogP contribution in [0.4, 0.5) is 0 Å². The van der Waals surface area contributed by atoms with Crippen LogP contribution >= 0.6 is 0 Å². The molecule has 2 fully saturated rings. The Balaban J connectivity index is 1.69. The third kappa shape index (κ3) is 2.19. The van der Waals surface area contributed by atoms with Crippen molar-refractivity contribution < 1.29 is 0 Å². The summed E-state index contributed by atoms with van der Waals surface area (Å²) < 4.78 is 0. The maximum Gasteiger partial charge on any atom is -0.00190 e. The van der Waals surface area contributed by atoms with Crippen LogP contribution in [0.1, 0.15) is 25.7 Å². The summed E-state index contributed by atoms with van der Waals surface area (Å²) in [4.78, 5) is 2.44. The van der Waals surface area contributed by atoms with Crippen molar-refractivity contribution in [1.29, 1.82) is 0 Å². The van der Waals surface area contributed by atoms with Gasteiger partial charge in [0.15, 0.2) is 0 Å². The predicted octanol–water partition coefficient (Wildman–Crippen LogP) is 1.94. The monoisotopic (exact) mass is 152 g/mol. The molecule has 0 aromatic rings. The van der Waals surface area contributed by atoms with E-state index in [1.165, 1.54) is 38.8 Å². The first-order valence-corrected chi connectivity index (χ1v) is 4.88. The molecule has 1 saturated heterocycles. The Morgan fingerprint density at radius 2 is 1.55 bits per heavy atom. The third-order valence-electron chi connectivity index (χ3n) is 2.93. The van der Waals surface area contributed by atoms with Crippen molar-refractivity contribution in [3.05, 3.63) is 6.42 Å². The minimum Gasteiger partial charge on any atom is -0.306 e. The minimum absolute atomic E-state index is 0.957. The van der Waals surface area contributed by atoms with Gasteiger partial charge in [-0.3, -0.25) is 0 Å². The number of rotatable bonds is 2. The van der Waals surface area contributed by atoms with Gasteiger partial charge in [0, 0.05) is 0 Å². The molecule has 1 saturated carbocycles. The van der Waals surface area contributed by atoms with Crippen molar-refractivity contribution in [3.63, 3.8) is 0 Å². The maximum absolute atomic E-state index is 2.62. The molecular weight excluding hydrogens is 134 g/mol. The predicted molar refractivity (Wildman–Crippen MR) is 47.2 cm³/mol. The van der Waals surface area contributed by atoms with Gasteiger partial charge >= 0.3 is 0 Å². The average molecular weight is 152 g/mol. The first kappa shape index (κ1) is 7.60. The van der Waals surface area contributed by atoms with Gasteiger partial charge in [0.25, 0.3) is 0 Å². The Bertz CT molecular complexity index is 121. The molecule has 2 rings (SSSR count). The molecule has 1 heterocycles. The molecule has 1 nitrogen and oxygen atoms in total. The van der Waals surface area contributed by atoms with E-state index in [0.717, 1.165) is 11.8 Å². The summed E-state index contributed by atoms with van der Waals surface area (Å²) in [5.74, 6) is 1.97. The normalized spacial score (nSPS) is 29.2. The number of nitrogens with zero attached hydrogens (tertiary/aromatic N) is 1. The molecule has 0 bridgehead atoms. The summed E-state index contributed by atoms with van der Waals surface area (Å²) in [6.07, 6.45) is 8.39. The fraction of sp³-hybridized carbons (Fsp3) is 0.900. The zero-order chi connectivity index (χ0) is 7.68. The van der Waals surface area contributed by atoms with E-state index < -0.39 is 0 Å². The standard InChI is InChI=1S/C10H18N/c1-11-6-4-10(5-7-11)8-9-2-3-9/h8-10H,2-7H2,1H3. The van der Waals surface area contributed by atoms with E-state index in [2.05, 4.69) is 18.4 Å². The summed E-state index contributed by atoms with van der Waals surface area (Å²) in [5.41, 5.74) is 0. The lowest BCUT2D eigenvalue weighted by molar-refractivity contribution is 0.233. The van der Waals surface area contributed by atoms with E-state index in [1.54, 1.807) is 0 Å². The number of piperidine rings is 1. The lowest BCUT2D eigenvalue weighted by Gasteiger charge is -2.28. The lowest BCUT2D eigenvalue weighted by atomic mass is 9.92. The largest absolute Gasteiger partial charge is 0.306 e. The van der Waals surface area contributed by atoms with Crippen LogP contribution in [0, 0.1) is 18.3 Å². The molecular formula is C10H18N. The van der Waals surface area contributed by atoms with Crippen LogP contribution in [-0.4, -0.2) is 25.0 Å². The Kier molecular flexibility index (Phi) is 2.17. The van der Waals surface area contributed by atoms with E-state index >= 15 is 0 Å². The van der Waals surface area contributed by atoms with Gasteiger partial charge in [0.2, 0.25) is 0 Å². The van der Waals surface area contributed by atoms with Gasteiger partial charge in [-0.05, 0) is 64.1 Å². The van der Waals surface area contributed by atoms with Crippen LogP contribution < -0.4 is 0 Å². The summed E-state index contributed by atoms with van der Waals surface area (Å²) in [7, 11) is 2.23. The van der Waals surface area contributed by atoms with Crippen LogP contribution in [0.25, 0.3) is 0 Å². The Morgan fingerprint density at radius 3 is 2.09 bits per heavy atom. The van der Waals surface area contributed by atoms with Crippen molar-refractivity contribution in [2.75, 3.05) is 20.1 Å². The topological polar surface area (TPSA) is 3.24 Å². The van der Waals surface area contributed by atoms with Gasteiger partial charge in [-0.1, -0.05) is 0 Å². The molecule has 0 spiro atoms. The molecule has 0 aromatic carbocycles. The summed E-state index contributed by atoms with van der Waals surface area (Å²) in [6.45, 7) is 2.63. The molecule has 2 aliphatic rings. The van der Waals surface area contributed by atoms with E-state index in [9.17, 15) is 0 Å². The van der Waals surface area contributed by atoms with E-state index in [1.807, 2.05) is 0 Å². The van der Waals surface area contributed by atoms with Gasteiger partial charge in [0.05, 0.1) is 0 Å². The average Bonchev–Trinajstić information content (AvgIpc) is 2.78. The zero-order valence-electron chi connectivity index (χ0n) is 7.42. The zero-order valence-corrected chi connectivity index (χ0v) is 7.42. The molecule has 1 radical (unpaired) electrons. The molecule has 0 atom stereocenters. The highest BCUT2D eigenvalue weighted by atomic mass is 15.1. The van der Waals surface area contributed by atoms with Crippen molar-refractivity contribution in [3.8, 4) is 0 Å². The van der Waals surface area contributed by atoms with Crippen molar-refractivity contribution in [2.24, 2.45) is 11.8 Å². The van der Waals surface area contributed by atoms with E-state index in [-0.39, 0.29) is 0 Å². The summed E-state index contributed by atoms with van der Waals surface area (Å²) in [5, 5.41) is 0. The van der Waals surface area contributed by atoms with Crippen molar-refractivity contribution >= 4 is 0 Å². The molecule has 63 valence electrons. The highest BCUT2D eigenvalue weighted by molar-refractivity contribution is 4.93. The van der Waals surface area contributed by atoms with Gasteiger partial charge < -0.3 is 4.90 Å². The number of likely N-dealkylation sites (tertiary alicyclic amines) is 1. The van der Waals surface area contributed by atoms with E-state index in [0.29, 0.717) is 0 Å². The molecule has 1 heteroatoms. The summed E-state index contributed by atoms with van der Waals surface area (Å²) in [6, 6.07) is 0. The SMILES string of the molecule is CN1CCC([CH]C2CC2)CC1. The highest BCUT2D eigenvalue weighted by Gasteiger charge is 2.27. The van der Waals surface area contributed by atoms with Crippen LogP contribution in [0.2, 0.25) is 0 Å². The van der Waals surface area contributed by atoms with Crippen LogP contribution in [0.3, 0.4) is 0 Å². The number of hydrogen-bond acceptors (Lipinski definition) is 1. The molecule has 1 aliphatic carbocycles. The van der Waals surface area contributed by atoms with Crippen molar-refractivity contribution in [1.82, 2.24) is 4.90 Å². The smallest absolute Gasteiger partial charge is 0.00190 e. The Hall–Kier alpha value is -0.0400. The maximum atomic E-state index is 2.62.